The van der Waals surface area contributed by atoms with Crippen molar-refractivity contribution >= 4 is 5.91 Å². The molecule has 1 atom stereocenters. The molecular weight excluding hydrogens is 294 g/mol. The predicted octanol–water partition coefficient (Wildman–Crippen LogP) is 4.77. The van der Waals surface area contributed by atoms with E-state index in [9.17, 15) is 4.79 Å². The maximum absolute atomic E-state index is 12.4. The summed E-state index contributed by atoms with van der Waals surface area (Å²) in [6.45, 7) is 2.50. The first-order chi connectivity index (χ1) is 11.7. The highest BCUT2D eigenvalue weighted by atomic mass is 16.1. The van der Waals surface area contributed by atoms with Crippen LogP contribution in [0.1, 0.15) is 24.0 Å². The van der Waals surface area contributed by atoms with Gasteiger partial charge in [-0.05, 0) is 29.2 Å². The monoisotopic (exact) mass is 315 g/mol. The molecule has 1 amide bonds. The van der Waals surface area contributed by atoms with Crippen molar-refractivity contribution in [1.29, 1.82) is 0 Å². The van der Waals surface area contributed by atoms with Crippen molar-refractivity contribution in [3.63, 3.8) is 0 Å². The normalized spacial score (nSPS) is 11.7. The first-order valence-electron chi connectivity index (χ1n) is 8.21. The molecule has 0 aliphatic rings. The summed E-state index contributed by atoms with van der Waals surface area (Å²) in [6, 6.07) is 28.4. The van der Waals surface area contributed by atoms with Crippen LogP contribution in [0.2, 0.25) is 0 Å². The number of benzene rings is 3. The number of amides is 1. The van der Waals surface area contributed by atoms with Crippen LogP contribution in [0.25, 0.3) is 11.1 Å². The van der Waals surface area contributed by atoms with Gasteiger partial charge in [0.15, 0.2) is 0 Å². The van der Waals surface area contributed by atoms with E-state index in [0.29, 0.717) is 6.54 Å². The second-order valence-electron chi connectivity index (χ2n) is 5.91. The number of rotatable bonds is 5. The molecule has 2 nitrogen and oxygen atoms in total. The SMILES string of the molecule is CC(C(=O)NCc1ccccc1)c1ccc(-c2ccccc2)cc1. The lowest BCUT2D eigenvalue weighted by atomic mass is 9.97. The topological polar surface area (TPSA) is 29.1 Å². The Kier molecular flexibility index (Phi) is 5.07. The van der Waals surface area contributed by atoms with Crippen LogP contribution in [-0.4, -0.2) is 5.91 Å². The molecule has 3 aromatic carbocycles. The lowest BCUT2D eigenvalue weighted by molar-refractivity contribution is -0.122. The van der Waals surface area contributed by atoms with Crippen LogP contribution < -0.4 is 5.32 Å². The highest BCUT2D eigenvalue weighted by Crippen LogP contribution is 2.22. The Hall–Kier alpha value is -2.87. The van der Waals surface area contributed by atoms with Crippen LogP contribution in [0.4, 0.5) is 0 Å². The molecule has 0 heterocycles. The van der Waals surface area contributed by atoms with Crippen molar-refractivity contribution < 1.29 is 4.79 Å². The molecule has 3 rings (SSSR count). The Morgan fingerprint density at radius 1 is 0.792 bits per heavy atom. The molecule has 0 aliphatic carbocycles. The van der Waals surface area contributed by atoms with E-state index in [1.165, 1.54) is 5.56 Å². The maximum Gasteiger partial charge on any atom is 0.227 e. The van der Waals surface area contributed by atoms with Crippen LogP contribution in [0.15, 0.2) is 84.9 Å². The molecule has 0 saturated carbocycles. The molecule has 2 heteroatoms. The van der Waals surface area contributed by atoms with E-state index in [-0.39, 0.29) is 11.8 Å². The van der Waals surface area contributed by atoms with Gasteiger partial charge in [-0.3, -0.25) is 4.79 Å². The molecule has 24 heavy (non-hydrogen) atoms. The summed E-state index contributed by atoms with van der Waals surface area (Å²) in [5, 5.41) is 3.00. The standard InChI is InChI=1S/C22H21NO/c1-17(22(24)23-16-18-8-4-2-5-9-18)19-12-14-21(15-13-19)20-10-6-3-7-11-20/h2-15,17H,16H2,1H3,(H,23,24). The number of carbonyl (C=O) groups is 1. The first kappa shape index (κ1) is 16.0. The fraction of sp³-hybridized carbons (Fsp3) is 0.136. The van der Waals surface area contributed by atoms with Gasteiger partial charge in [0.1, 0.15) is 0 Å². The van der Waals surface area contributed by atoms with E-state index in [4.69, 9.17) is 0 Å². The zero-order valence-electron chi connectivity index (χ0n) is 13.8. The number of hydrogen-bond donors (Lipinski definition) is 1. The van der Waals surface area contributed by atoms with Crippen LogP contribution in [-0.2, 0) is 11.3 Å². The average Bonchev–Trinajstić information content (AvgIpc) is 2.67. The van der Waals surface area contributed by atoms with E-state index in [2.05, 4.69) is 29.6 Å². The Morgan fingerprint density at radius 2 is 1.33 bits per heavy atom. The molecule has 1 unspecified atom stereocenters. The van der Waals surface area contributed by atoms with E-state index < -0.39 is 0 Å². The highest BCUT2D eigenvalue weighted by Gasteiger charge is 2.14. The lowest BCUT2D eigenvalue weighted by Crippen LogP contribution is -2.27. The van der Waals surface area contributed by atoms with Gasteiger partial charge in [0.2, 0.25) is 5.91 Å². The lowest BCUT2D eigenvalue weighted by Gasteiger charge is -2.13. The smallest absolute Gasteiger partial charge is 0.227 e. The molecule has 1 N–H and O–H groups in total. The zero-order chi connectivity index (χ0) is 16.8. The highest BCUT2D eigenvalue weighted by molar-refractivity contribution is 5.83. The molecule has 120 valence electrons. The summed E-state index contributed by atoms with van der Waals surface area (Å²) in [5.74, 6) is -0.121. The Bertz CT molecular complexity index is 779. The Morgan fingerprint density at radius 3 is 1.96 bits per heavy atom. The van der Waals surface area contributed by atoms with Gasteiger partial charge in [-0.2, -0.15) is 0 Å². The fourth-order valence-electron chi connectivity index (χ4n) is 2.68. The quantitative estimate of drug-likeness (QED) is 0.721. The van der Waals surface area contributed by atoms with Gasteiger partial charge in [-0.25, -0.2) is 0 Å². The third-order valence-corrected chi connectivity index (χ3v) is 4.22. The Balaban J connectivity index is 1.64. The van der Waals surface area contributed by atoms with Crippen molar-refractivity contribution in [2.75, 3.05) is 0 Å². The van der Waals surface area contributed by atoms with E-state index in [1.807, 2.05) is 67.6 Å². The van der Waals surface area contributed by atoms with Gasteiger partial charge >= 0.3 is 0 Å². The fourth-order valence-corrected chi connectivity index (χ4v) is 2.68. The van der Waals surface area contributed by atoms with Crippen molar-refractivity contribution in [3.05, 3.63) is 96.1 Å². The van der Waals surface area contributed by atoms with Gasteiger partial charge in [0, 0.05) is 6.54 Å². The van der Waals surface area contributed by atoms with Gasteiger partial charge in [0.25, 0.3) is 0 Å². The Labute approximate surface area is 143 Å². The van der Waals surface area contributed by atoms with E-state index in [0.717, 1.165) is 16.7 Å². The summed E-state index contributed by atoms with van der Waals surface area (Å²) in [7, 11) is 0. The average molecular weight is 315 g/mol. The molecule has 0 aromatic heterocycles. The second kappa shape index (κ2) is 7.60. The minimum Gasteiger partial charge on any atom is -0.352 e. The third-order valence-electron chi connectivity index (χ3n) is 4.22. The molecule has 0 radical (unpaired) electrons. The molecule has 0 fully saturated rings. The number of hydrogen-bond acceptors (Lipinski definition) is 1. The van der Waals surface area contributed by atoms with E-state index in [1.54, 1.807) is 0 Å². The summed E-state index contributed by atoms with van der Waals surface area (Å²) in [5.41, 5.74) is 4.49. The number of carbonyl (C=O) groups excluding carboxylic acids is 1. The van der Waals surface area contributed by atoms with E-state index >= 15 is 0 Å². The first-order valence-corrected chi connectivity index (χ1v) is 8.21. The van der Waals surface area contributed by atoms with Gasteiger partial charge in [-0.1, -0.05) is 84.9 Å². The summed E-state index contributed by atoms with van der Waals surface area (Å²) < 4.78 is 0. The van der Waals surface area contributed by atoms with Gasteiger partial charge < -0.3 is 5.32 Å². The van der Waals surface area contributed by atoms with Crippen molar-refractivity contribution in [1.82, 2.24) is 5.32 Å². The van der Waals surface area contributed by atoms with Crippen LogP contribution in [0, 0.1) is 0 Å². The van der Waals surface area contributed by atoms with Crippen molar-refractivity contribution in [3.8, 4) is 11.1 Å². The minimum absolute atomic E-state index is 0.0475. The molecule has 0 aliphatic heterocycles. The number of nitrogens with one attached hydrogen (secondary N) is 1. The molecule has 0 spiro atoms. The van der Waals surface area contributed by atoms with Crippen LogP contribution in [0.5, 0.6) is 0 Å². The predicted molar refractivity (Wildman–Crippen MR) is 98.6 cm³/mol. The summed E-state index contributed by atoms with van der Waals surface area (Å²) in [6.07, 6.45) is 0. The third kappa shape index (κ3) is 3.90. The minimum atomic E-state index is -0.168. The van der Waals surface area contributed by atoms with Crippen LogP contribution >= 0.6 is 0 Å². The summed E-state index contributed by atoms with van der Waals surface area (Å²) in [4.78, 5) is 12.4. The zero-order valence-corrected chi connectivity index (χ0v) is 13.8. The molecule has 0 saturated heterocycles. The molecule has 0 bridgehead atoms. The maximum atomic E-state index is 12.4. The van der Waals surface area contributed by atoms with Crippen molar-refractivity contribution in [2.24, 2.45) is 0 Å². The largest absolute Gasteiger partial charge is 0.352 e. The van der Waals surface area contributed by atoms with Gasteiger partial charge in [0.05, 0.1) is 5.92 Å². The van der Waals surface area contributed by atoms with Crippen LogP contribution in [0.3, 0.4) is 0 Å². The summed E-state index contributed by atoms with van der Waals surface area (Å²) >= 11 is 0. The van der Waals surface area contributed by atoms with Crippen molar-refractivity contribution in [2.45, 2.75) is 19.4 Å². The second-order valence-corrected chi connectivity index (χ2v) is 5.91. The van der Waals surface area contributed by atoms with Gasteiger partial charge in [-0.15, -0.1) is 0 Å². The molecular formula is C22H21NO. The molecule has 3 aromatic rings.